The number of nitrogens with two attached hydrogens (primary N) is 1. The van der Waals surface area contributed by atoms with Gasteiger partial charge < -0.3 is 10.5 Å². The first-order valence-electron chi connectivity index (χ1n) is 3.66. The van der Waals surface area contributed by atoms with Gasteiger partial charge in [0.1, 0.15) is 6.04 Å². The van der Waals surface area contributed by atoms with Crippen molar-refractivity contribution in [3.63, 3.8) is 0 Å². The molecule has 0 bridgehead atoms. The molecule has 3 heteroatoms. The van der Waals surface area contributed by atoms with Gasteiger partial charge in [-0.25, -0.2) is 0 Å². The summed E-state index contributed by atoms with van der Waals surface area (Å²) in [5.41, 5.74) is 5.29. The number of ether oxygens (including phenoxy) is 1. The number of methoxy groups -OCH3 is 1. The van der Waals surface area contributed by atoms with E-state index in [0.717, 1.165) is 0 Å². The van der Waals surface area contributed by atoms with E-state index in [2.05, 4.69) is 11.3 Å². The van der Waals surface area contributed by atoms with Crippen LogP contribution in [0.15, 0.2) is 12.7 Å². The molecule has 0 unspecified atom stereocenters. The summed E-state index contributed by atoms with van der Waals surface area (Å²) in [4.78, 5) is 10.5. The quantitative estimate of drug-likeness (QED) is 0.495. The highest BCUT2D eigenvalue weighted by Crippen LogP contribution is 1.89. The zero-order valence-corrected chi connectivity index (χ0v) is 7.46. The molecule has 0 aliphatic heterocycles. The first-order chi connectivity index (χ1) is 5.22. The number of hydrogen-bond donors (Lipinski definition) is 1. The second kappa shape index (κ2) is 9.17. The molecule has 0 rings (SSSR count). The van der Waals surface area contributed by atoms with Crippen molar-refractivity contribution in [1.29, 1.82) is 0 Å². The van der Waals surface area contributed by atoms with Crippen molar-refractivity contribution < 1.29 is 9.53 Å². The molecule has 0 radical (unpaired) electrons. The highest BCUT2D eigenvalue weighted by molar-refractivity contribution is 5.75. The number of carbonyl (C=O) groups excluding carboxylic acids is 1. The van der Waals surface area contributed by atoms with Crippen molar-refractivity contribution in [3.05, 3.63) is 12.7 Å². The van der Waals surface area contributed by atoms with Gasteiger partial charge in [0.05, 0.1) is 7.11 Å². The van der Waals surface area contributed by atoms with Crippen LogP contribution in [0.1, 0.15) is 20.3 Å². The minimum Gasteiger partial charge on any atom is -0.468 e. The molecular formula is C8H17NO2. The summed E-state index contributed by atoms with van der Waals surface area (Å²) >= 11 is 0. The minimum absolute atomic E-state index is 0.394. The van der Waals surface area contributed by atoms with Crippen LogP contribution >= 0.6 is 0 Å². The van der Waals surface area contributed by atoms with E-state index in [0.29, 0.717) is 6.42 Å². The van der Waals surface area contributed by atoms with Crippen LogP contribution in [0, 0.1) is 0 Å². The average Bonchev–Trinajstić information content (AvgIpc) is 2.07. The van der Waals surface area contributed by atoms with Gasteiger partial charge >= 0.3 is 5.97 Å². The Kier molecular flexibility index (Phi) is 10.7. The van der Waals surface area contributed by atoms with Gasteiger partial charge in [-0.15, -0.1) is 6.58 Å². The molecule has 1 atom stereocenters. The third-order valence-corrected chi connectivity index (χ3v) is 0.925. The lowest BCUT2D eigenvalue weighted by Gasteiger charge is -2.03. The maximum Gasteiger partial charge on any atom is 0.322 e. The molecule has 0 heterocycles. The van der Waals surface area contributed by atoms with E-state index in [1.807, 2.05) is 13.8 Å². The van der Waals surface area contributed by atoms with E-state index in [1.165, 1.54) is 7.11 Å². The van der Waals surface area contributed by atoms with Gasteiger partial charge in [0.2, 0.25) is 0 Å². The molecule has 0 spiro atoms. The Morgan fingerprint density at radius 1 is 1.73 bits per heavy atom. The Labute approximate surface area is 68.2 Å². The van der Waals surface area contributed by atoms with Gasteiger partial charge in [-0.2, -0.15) is 0 Å². The van der Waals surface area contributed by atoms with Crippen molar-refractivity contribution >= 4 is 5.97 Å². The fourth-order valence-electron chi connectivity index (χ4n) is 0.427. The third-order valence-electron chi connectivity index (χ3n) is 0.925. The molecular weight excluding hydrogens is 142 g/mol. The van der Waals surface area contributed by atoms with Gasteiger partial charge in [0, 0.05) is 0 Å². The predicted octanol–water partition coefficient (Wildman–Crippen LogP) is 1.09. The van der Waals surface area contributed by atoms with E-state index in [1.54, 1.807) is 6.08 Å². The maximum absolute atomic E-state index is 10.5. The molecule has 2 N–H and O–H groups in total. The smallest absolute Gasteiger partial charge is 0.322 e. The lowest BCUT2D eigenvalue weighted by Crippen LogP contribution is -2.30. The summed E-state index contributed by atoms with van der Waals surface area (Å²) in [5.74, 6) is -0.394. The van der Waals surface area contributed by atoms with Crippen LogP contribution in [0.4, 0.5) is 0 Å². The van der Waals surface area contributed by atoms with Crippen molar-refractivity contribution in [2.45, 2.75) is 26.3 Å². The normalized spacial score (nSPS) is 10.5. The molecule has 0 amide bonds. The summed E-state index contributed by atoms with van der Waals surface area (Å²) in [6.45, 7) is 7.43. The molecule has 66 valence electrons. The average molecular weight is 159 g/mol. The van der Waals surface area contributed by atoms with E-state index in [4.69, 9.17) is 5.73 Å². The molecule has 0 aliphatic rings. The molecule has 0 fully saturated rings. The molecule has 0 saturated carbocycles. The van der Waals surface area contributed by atoms with Gasteiger partial charge in [0.25, 0.3) is 0 Å². The molecule has 0 aromatic carbocycles. The fraction of sp³-hybridized carbons (Fsp3) is 0.625. The molecule has 0 aromatic heterocycles. The summed E-state index contributed by atoms with van der Waals surface area (Å²) < 4.78 is 4.35. The minimum atomic E-state index is -0.549. The van der Waals surface area contributed by atoms with Gasteiger partial charge in [-0.3, -0.25) is 4.79 Å². The van der Waals surface area contributed by atoms with Crippen LogP contribution in [0.5, 0.6) is 0 Å². The number of carbonyl (C=O) groups is 1. The lowest BCUT2D eigenvalue weighted by molar-refractivity contribution is -0.142. The Bertz CT molecular complexity index is 113. The molecule has 11 heavy (non-hydrogen) atoms. The molecule has 0 saturated heterocycles. The van der Waals surface area contributed by atoms with Crippen molar-refractivity contribution in [1.82, 2.24) is 0 Å². The van der Waals surface area contributed by atoms with Gasteiger partial charge in [0.15, 0.2) is 0 Å². The van der Waals surface area contributed by atoms with Crippen molar-refractivity contribution in [2.24, 2.45) is 5.73 Å². The summed E-state index contributed by atoms with van der Waals surface area (Å²) in [6.07, 6.45) is 2.05. The second-order valence-corrected chi connectivity index (χ2v) is 1.65. The van der Waals surface area contributed by atoms with Crippen LogP contribution in [0.2, 0.25) is 0 Å². The van der Waals surface area contributed by atoms with Crippen molar-refractivity contribution in [2.75, 3.05) is 7.11 Å². The van der Waals surface area contributed by atoms with E-state index < -0.39 is 12.0 Å². The van der Waals surface area contributed by atoms with Gasteiger partial charge in [-0.05, 0) is 6.42 Å². The predicted molar refractivity (Wildman–Crippen MR) is 46.2 cm³/mol. The van der Waals surface area contributed by atoms with E-state index >= 15 is 0 Å². The Hall–Kier alpha value is -0.830. The van der Waals surface area contributed by atoms with Crippen LogP contribution in [0.3, 0.4) is 0 Å². The fourth-order valence-corrected chi connectivity index (χ4v) is 0.427. The van der Waals surface area contributed by atoms with E-state index in [9.17, 15) is 4.79 Å². The Morgan fingerprint density at radius 2 is 2.18 bits per heavy atom. The number of hydrogen-bond acceptors (Lipinski definition) is 3. The van der Waals surface area contributed by atoms with Crippen LogP contribution < -0.4 is 5.73 Å². The molecule has 0 aromatic rings. The molecule has 3 nitrogen and oxygen atoms in total. The third kappa shape index (κ3) is 7.06. The van der Waals surface area contributed by atoms with Crippen LogP contribution in [0.25, 0.3) is 0 Å². The van der Waals surface area contributed by atoms with Gasteiger partial charge in [-0.1, -0.05) is 19.9 Å². The number of esters is 1. The summed E-state index contributed by atoms with van der Waals surface area (Å²) in [7, 11) is 1.31. The monoisotopic (exact) mass is 159 g/mol. The lowest BCUT2D eigenvalue weighted by atomic mass is 10.2. The zero-order chi connectivity index (χ0) is 9.28. The first kappa shape index (κ1) is 12.8. The van der Waals surface area contributed by atoms with Crippen LogP contribution in [-0.4, -0.2) is 19.1 Å². The maximum atomic E-state index is 10.5. The highest BCUT2D eigenvalue weighted by atomic mass is 16.5. The zero-order valence-electron chi connectivity index (χ0n) is 7.46. The van der Waals surface area contributed by atoms with Crippen molar-refractivity contribution in [3.8, 4) is 0 Å². The second-order valence-electron chi connectivity index (χ2n) is 1.65. The summed E-state index contributed by atoms with van der Waals surface area (Å²) in [5, 5.41) is 0. The standard InChI is InChI=1S/C6H11NO2.C2H6/c1-3-4-5(7)6(8)9-2;1-2/h3,5H,1,4,7H2,2H3;1-2H3/t5-;/m0./s1. The Balaban J connectivity index is 0. The topological polar surface area (TPSA) is 52.3 Å². The van der Waals surface area contributed by atoms with Crippen LogP contribution in [-0.2, 0) is 9.53 Å². The largest absolute Gasteiger partial charge is 0.468 e. The first-order valence-corrected chi connectivity index (χ1v) is 3.66. The molecule has 0 aliphatic carbocycles. The SMILES string of the molecule is C=CC[C@H](N)C(=O)OC.CC. The highest BCUT2D eigenvalue weighted by Gasteiger charge is 2.09. The number of rotatable bonds is 3. The summed E-state index contributed by atoms with van der Waals surface area (Å²) in [6, 6.07) is -0.549. The van der Waals surface area contributed by atoms with E-state index in [-0.39, 0.29) is 0 Å². The Morgan fingerprint density at radius 3 is 2.45 bits per heavy atom.